The Morgan fingerprint density at radius 1 is 1.03 bits per heavy atom. The number of benzene rings is 3. The fourth-order valence-corrected chi connectivity index (χ4v) is 3.48. The molecule has 0 saturated carbocycles. The molecule has 0 aliphatic heterocycles. The number of aromatic amines is 1. The number of ether oxygens (including phenoxy) is 1. The zero-order chi connectivity index (χ0) is 20.2. The number of hydrogen-bond donors (Lipinski definition) is 2. The molecule has 3 aromatic carbocycles. The average Bonchev–Trinajstić information content (AvgIpc) is 3.20. The summed E-state index contributed by atoms with van der Waals surface area (Å²) in [6.45, 7) is 2.56. The molecule has 0 aliphatic rings. The molecule has 0 unspecified atom stereocenters. The van der Waals surface area contributed by atoms with Crippen LogP contribution in [0.25, 0.3) is 22.0 Å². The molecule has 4 rings (SSSR count). The van der Waals surface area contributed by atoms with Crippen molar-refractivity contribution in [3.8, 4) is 16.9 Å². The summed E-state index contributed by atoms with van der Waals surface area (Å²) in [6, 6.07) is 22.4. The number of carbonyl (C=O) groups is 1. The summed E-state index contributed by atoms with van der Waals surface area (Å²) < 4.78 is 6.21. The number of rotatable bonds is 7. The standard InChI is InChI=1S/C25H23NO3/c1-17-4-2-3-5-21(17)16-29-24-10-6-18(7-11-25(27)28)14-22(24)19-8-9-23-20(15-19)12-13-26-23/h2-6,8-10,12-15,26H,7,11,16H2,1H3,(H,27,28). The fourth-order valence-electron chi connectivity index (χ4n) is 3.48. The van der Waals surface area contributed by atoms with Crippen molar-refractivity contribution in [3.63, 3.8) is 0 Å². The van der Waals surface area contributed by atoms with Crippen molar-refractivity contribution < 1.29 is 14.6 Å². The highest BCUT2D eigenvalue weighted by Crippen LogP contribution is 2.34. The summed E-state index contributed by atoms with van der Waals surface area (Å²) in [6.07, 6.45) is 2.53. The van der Waals surface area contributed by atoms with Crippen LogP contribution >= 0.6 is 0 Å². The zero-order valence-corrected chi connectivity index (χ0v) is 16.3. The van der Waals surface area contributed by atoms with Gasteiger partial charge in [-0.3, -0.25) is 4.79 Å². The van der Waals surface area contributed by atoms with Crippen molar-refractivity contribution in [1.29, 1.82) is 0 Å². The van der Waals surface area contributed by atoms with Crippen LogP contribution in [-0.4, -0.2) is 16.1 Å². The van der Waals surface area contributed by atoms with Gasteiger partial charge in [0.25, 0.3) is 0 Å². The number of hydrogen-bond acceptors (Lipinski definition) is 2. The molecule has 0 fully saturated rings. The topological polar surface area (TPSA) is 62.3 Å². The molecule has 0 radical (unpaired) electrons. The Hall–Kier alpha value is -3.53. The first-order valence-electron chi connectivity index (χ1n) is 9.70. The highest BCUT2D eigenvalue weighted by atomic mass is 16.5. The van der Waals surface area contributed by atoms with E-state index >= 15 is 0 Å². The molecule has 1 aromatic heterocycles. The number of aromatic nitrogens is 1. The molecule has 0 amide bonds. The van der Waals surface area contributed by atoms with Crippen LogP contribution in [0.2, 0.25) is 0 Å². The summed E-state index contributed by atoms with van der Waals surface area (Å²) >= 11 is 0. The van der Waals surface area contributed by atoms with E-state index in [0.717, 1.165) is 38.9 Å². The van der Waals surface area contributed by atoms with Gasteiger partial charge in [-0.1, -0.05) is 36.4 Å². The highest BCUT2D eigenvalue weighted by Gasteiger charge is 2.11. The lowest BCUT2D eigenvalue weighted by Crippen LogP contribution is -2.01. The molecular formula is C25H23NO3. The zero-order valence-electron chi connectivity index (χ0n) is 16.3. The van der Waals surface area contributed by atoms with Crippen LogP contribution in [0.4, 0.5) is 0 Å². The monoisotopic (exact) mass is 385 g/mol. The van der Waals surface area contributed by atoms with Gasteiger partial charge in [-0.2, -0.15) is 0 Å². The van der Waals surface area contributed by atoms with Crippen LogP contribution in [0, 0.1) is 6.92 Å². The molecule has 146 valence electrons. The maximum atomic E-state index is 11.0. The molecule has 4 aromatic rings. The summed E-state index contributed by atoms with van der Waals surface area (Å²) in [5.41, 5.74) is 6.44. The smallest absolute Gasteiger partial charge is 0.303 e. The molecule has 0 aliphatic carbocycles. The van der Waals surface area contributed by atoms with Gasteiger partial charge >= 0.3 is 5.97 Å². The number of H-pyrrole nitrogens is 1. The molecule has 0 spiro atoms. The summed E-state index contributed by atoms with van der Waals surface area (Å²) in [5.74, 6) is 0.00221. The maximum absolute atomic E-state index is 11.0. The van der Waals surface area contributed by atoms with E-state index in [1.165, 1.54) is 5.56 Å². The Morgan fingerprint density at radius 3 is 2.72 bits per heavy atom. The van der Waals surface area contributed by atoms with Gasteiger partial charge in [-0.25, -0.2) is 0 Å². The SMILES string of the molecule is Cc1ccccc1COc1ccc(CCC(=O)O)cc1-c1ccc2[nH]ccc2c1. The molecule has 2 N–H and O–H groups in total. The van der Waals surface area contributed by atoms with Crippen molar-refractivity contribution in [3.05, 3.63) is 89.6 Å². The molecule has 4 nitrogen and oxygen atoms in total. The molecule has 0 saturated heterocycles. The second-order valence-electron chi connectivity index (χ2n) is 7.22. The quantitative estimate of drug-likeness (QED) is 0.426. The van der Waals surface area contributed by atoms with Gasteiger partial charge in [-0.15, -0.1) is 0 Å². The highest BCUT2D eigenvalue weighted by molar-refractivity contribution is 5.86. The molecule has 0 atom stereocenters. The van der Waals surface area contributed by atoms with Crippen molar-refractivity contribution in [1.82, 2.24) is 4.98 Å². The van der Waals surface area contributed by atoms with E-state index < -0.39 is 5.97 Å². The Balaban J connectivity index is 1.69. The number of fused-ring (bicyclic) bond motifs is 1. The van der Waals surface area contributed by atoms with E-state index in [-0.39, 0.29) is 6.42 Å². The first-order valence-corrected chi connectivity index (χ1v) is 9.70. The van der Waals surface area contributed by atoms with E-state index in [4.69, 9.17) is 9.84 Å². The Labute approximate surface area is 169 Å². The van der Waals surface area contributed by atoms with E-state index in [1.807, 2.05) is 42.6 Å². The minimum absolute atomic E-state index is 0.111. The Kier molecular flexibility index (Phi) is 5.34. The van der Waals surface area contributed by atoms with Gasteiger partial charge in [0.2, 0.25) is 0 Å². The first kappa shape index (κ1) is 18.8. The van der Waals surface area contributed by atoms with E-state index in [2.05, 4.69) is 42.2 Å². The maximum Gasteiger partial charge on any atom is 0.303 e. The van der Waals surface area contributed by atoms with Crippen molar-refractivity contribution >= 4 is 16.9 Å². The normalized spacial score (nSPS) is 10.9. The van der Waals surface area contributed by atoms with Gasteiger partial charge in [0.1, 0.15) is 12.4 Å². The van der Waals surface area contributed by atoms with Gasteiger partial charge in [0.05, 0.1) is 0 Å². The van der Waals surface area contributed by atoms with Crippen molar-refractivity contribution in [2.24, 2.45) is 0 Å². The van der Waals surface area contributed by atoms with Crippen LogP contribution in [0.3, 0.4) is 0 Å². The predicted octanol–water partition coefficient (Wildman–Crippen LogP) is 5.74. The lowest BCUT2D eigenvalue weighted by molar-refractivity contribution is -0.136. The lowest BCUT2D eigenvalue weighted by Gasteiger charge is -2.15. The summed E-state index contributed by atoms with van der Waals surface area (Å²) in [7, 11) is 0. The second-order valence-corrected chi connectivity index (χ2v) is 7.22. The van der Waals surface area contributed by atoms with Gasteiger partial charge < -0.3 is 14.8 Å². The third-order valence-corrected chi connectivity index (χ3v) is 5.18. The minimum Gasteiger partial charge on any atom is -0.488 e. The molecular weight excluding hydrogens is 362 g/mol. The van der Waals surface area contributed by atoms with E-state index in [1.54, 1.807) is 0 Å². The van der Waals surface area contributed by atoms with Crippen LogP contribution in [-0.2, 0) is 17.8 Å². The average molecular weight is 385 g/mol. The third kappa shape index (κ3) is 4.32. The van der Waals surface area contributed by atoms with Crippen LogP contribution in [0.1, 0.15) is 23.1 Å². The number of nitrogens with one attached hydrogen (secondary N) is 1. The lowest BCUT2D eigenvalue weighted by atomic mass is 9.98. The van der Waals surface area contributed by atoms with Gasteiger partial charge in [0, 0.05) is 23.7 Å². The Bertz CT molecular complexity index is 1160. The molecule has 4 heteroatoms. The fraction of sp³-hybridized carbons (Fsp3) is 0.160. The van der Waals surface area contributed by atoms with E-state index in [9.17, 15) is 4.79 Å². The van der Waals surface area contributed by atoms with Crippen LogP contribution in [0.15, 0.2) is 72.9 Å². The van der Waals surface area contributed by atoms with E-state index in [0.29, 0.717) is 13.0 Å². The molecule has 1 heterocycles. The number of aliphatic carboxylic acids is 1. The van der Waals surface area contributed by atoms with Crippen molar-refractivity contribution in [2.45, 2.75) is 26.4 Å². The Morgan fingerprint density at radius 2 is 1.90 bits per heavy atom. The minimum atomic E-state index is -0.792. The number of carboxylic acids is 1. The predicted molar refractivity (Wildman–Crippen MR) is 115 cm³/mol. The summed E-state index contributed by atoms with van der Waals surface area (Å²) in [4.78, 5) is 14.2. The largest absolute Gasteiger partial charge is 0.488 e. The number of carboxylic acid groups (broad SMARTS) is 1. The van der Waals surface area contributed by atoms with Crippen molar-refractivity contribution in [2.75, 3.05) is 0 Å². The van der Waals surface area contributed by atoms with Crippen LogP contribution < -0.4 is 4.74 Å². The second kappa shape index (κ2) is 8.23. The third-order valence-electron chi connectivity index (χ3n) is 5.18. The van der Waals surface area contributed by atoms with Crippen LogP contribution in [0.5, 0.6) is 5.75 Å². The molecule has 29 heavy (non-hydrogen) atoms. The van der Waals surface area contributed by atoms with Gasteiger partial charge in [0.15, 0.2) is 0 Å². The molecule has 0 bridgehead atoms. The summed E-state index contributed by atoms with van der Waals surface area (Å²) in [5, 5.41) is 10.1. The first-order chi connectivity index (χ1) is 14.1. The van der Waals surface area contributed by atoms with Gasteiger partial charge in [-0.05, 0) is 71.3 Å². The number of aryl methyl sites for hydroxylation is 2.